The SMILES string of the molecule is OCc1cn2cc(C3CC3)cc(-n3cnnc3)c2n1. The van der Waals surface area contributed by atoms with E-state index >= 15 is 0 Å². The summed E-state index contributed by atoms with van der Waals surface area (Å²) in [6, 6.07) is 2.14. The fraction of sp³-hybridized carbons (Fsp3) is 0.308. The number of aliphatic hydroxyl groups excluding tert-OH is 1. The molecule has 6 heteroatoms. The van der Waals surface area contributed by atoms with Gasteiger partial charge in [0.2, 0.25) is 0 Å². The van der Waals surface area contributed by atoms with Gasteiger partial charge in [0.25, 0.3) is 0 Å². The highest BCUT2D eigenvalue weighted by Crippen LogP contribution is 2.40. The summed E-state index contributed by atoms with van der Waals surface area (Å²) in [7, 11) is 0. The van der Waals surface area contributed by atoms with Gasteiger partial charge in [-0.1, -0.05) is 0 Å². The van der Waals surface area contributed by atoms with Gasteiger partial charge >= 0.3 is 0 Å². The minimum atomic E-state index is -0.0535. The van der Waals surface area contributed by atoms with Crippen molar-refractivity contribution in [1.82, 2.24) is 24.1 Å². The number of aliphatic hydroxyl groups is 1. The summed E-state index contributed by atoms with van der Waals surface area (Å²) in [5.74, 6) is 0.652. The van der Waals surface area contributed by atoms with Crippen molar-refractivity contribution in [2.45, 2.75) is 25.4 Å². The third-order valence-corrected chi connectivity index (χ3v) is 3.51. The van der Waals surface area contributed by atoms with E-state index in [1.54, 1.807) is 12.7 Å². The molecule has 1 saturated carbocycles. The Bertz CT molecular complexity index is 727. The highest BCUT2D eigenvalue weighted by atomic mass is 16.3. The van der Waals surface area contributed by atoms with Crippen molar-refractivity contribution in [1.29, 1.82) is 0 Å². The van der Waals surface area contributed by atoms with Crippen molar-refractivity contribution >= 4 is 5.65 Å². The Morgan fingerprint density at radius 3 is 2.68 bits per heavy atom. The van der Waals surface area contributed by atoms with Crippen LogP contribution in [0.2, 0.25) is 0 Å². The van der Waals surface area contributed by atoms with Crippen LogP contribution in [0, 0.1) is 0 Å². The zero-order valence-electron chi connectivity index (χ0n) is 10.3. The molecule has 0 aromatic carbocycles. The van der Waals surface area contributed by atoms with Crippen LogP contribution >= 0.6 is 0 Å². The van der Waals surface area contributed by atoms with Gasteiger partial charge in [0, 0.05) is 12.4 Å². The second-order valence-electron chi connectivity index (χ2n) is 4.92. The fourth-order valence-corrected chi connectivity index (χ4v) is 2.38. The number of rotatable bonds is 3. The quantitative estimate of drug-likeness (QED) is 0.765. The van der Waals surface area contributed by atoms with Gasteiger partial charge in [0.05, 0.1) is 18.0 Å². The molecule has 0 atom stereocenters. The molecule has 0 radical (unpaired) electrons. The third kappa shape index (κ3) is 1.72. The van der Waals surface area contributed by atoms with Gasteiger partial charge in [-0.3, -0.25) is 4.57 Å². The summed E-state index contributed by atoms with van der Waals surface area (Å²) >= 11 is 0. The molecule has 3 aromatic heterocycles. The third-order valence-electron chi connectivity index (χ3n) is 3.51. The van der Waals surface area contributed by atoms with Crippen LogP contribution in [0.15, 0.2) is 31.1 Å². The summed E-state index contributed by atoms with van der Waals surface area (Å²) in [4.78, 5) is 4.44. The van der Waals surface area contributed by atoms with E-state index in [-0.39, 0.29) is 6.61 Å². The number of nitrogens with zero attached hydrogens (tertiary/aromatic N) is 5. The lowest BCUT2D eigenvalue weighted by Crippen LogP contribution is -1.98. The molecule has 0 amide bonds. The Labute approximate surface area is 109 Å². The highest BCUT2D eigenvalue weighted by molar-refractivity contribution is 5.61. The van der Waals surface area contributed by atoms with E-state index in [1.807, 2.05) is 15.2 Å². The zero-order chi connectivity index (χ0) is 12.8. The van der Waals surface area contributed by atoms with Crippen molar-refractivity contribution in [2.75, 3.05) is 0 Å². The molecule has 1 aliphatic carbocycles. The first-order valence-corrected chi connectivity index (χ1v) is 6.32. The maximum absolute atomic E-state index is 9.24. The number of hydrogen-bond acceptors (Lipinski definition) is 4. The van der Waals surface area contributed by atoms with Crippen LogP contribution in [-0.4, -0.2) is 29.3 Å². The summed E-state index contributed by atoms with van der Waals surface area (Å²) in [5, 5.41) is 16.9. The van der Waals surface area contributed by atoms with Crippen molar-refractivity contribution < 1.29 is 5.11 Å². The molecular formula is C13H13N5O. The number of imidazole rings is 1. The largest absolute Gasteiger partial charge is 0.390 e. The number of fused-ring (bicyclic) bond motifs is 1. The molecule has 0 aliphatic heterocycles. The first kappa shape index (κ1) is 10.7. The molecule has 0 spiro atoms. The summed E-state index contributed by atoms with van der Waals surface area (Å²) < 4.78 is 3.84. The van der Waals surface area contributed by atoms with Gasteiger partial charge in [-0.25, -0.2) is 4.98 Å². The van der Waals surface area contributed by atoms with E-state index in [0.29, 0.717) is 11.6 Å². The van der Waals surface area contributed by atoms with E-state index in [0.717, 1.165) is 11.3 Å². The maximum atomic E-state index is 9.24. The molecule has 1 fully saturated rings. The molecule has 3 aromatic rings. The van der Waals surface area contributed by atoms with Crippen LogP contribution in [0.4, 0.5) is 0 Å². The number of pyridine rings is 1. The van der Waals surface area contributed by atoms with E-state index < -0.39 is 0 Å². The van der Waals surface area contributed by atoms with Gasteiger partial charge in [-0.05, 0) is 30.4 Å². The molecule has 6 nitrogen and oxygen atoms in total. The standard InChI is InChI=1S/C13H13N5O/c19-6-11-5-17-4-10(9-1-2-9)3-12(13(17)16-11)18-7-14-15-8-18/h3-5,7-9,19H,1-2,6H2. The van der Waals surface area contributed by atoms with Crippen molar-refractivity contribution in [3.8, 4) is 5.69 Å². The van der Waals surface area contributed by atoms with E-state index in [4.69, 9.17) is 0 Å². The van der Waals surface area contributed by atoms with Crippen LogP contribution in [0.5, 0.6) is 0 Å². The van der Waals surface area contributed by atoms with E-state index in [1.165, 1.54) is 18.4 Å². The lowest BCUT2D eigenvalue weighted by molar-refractivity contribution is 0.277. The van der Waals surface area contributed by atoms with Gasteiger partial charge < -0.3 is 9.51 Å². The van der Waals surface area contributed by atoms with Crippen LogP contribution in [0.25, 0.3) is 11.3 Å². The molecule has 96 valence electrons. The molecular weight excluding hydrogens is 242 g/mol. The zero-order valence-corrected chi connectivity index (χ0v) is 10.3. The number of hydrogen-bond donors (Lipinski definition) is 1. The first-order chi connectivity index (χ1) is 9.35. The van der Waals surface area contributed by atoms with Crippen LogP contribution in [-0.2, 0) is 6.61 Å². The van der Waals surface area contributed by atoms with Gasteiger partial charge in [0.1, 0.15) is 12.7 Å². The summed E-state index contributed by atoms with van der Waals surface area (Å²) in [5.41, 5.74) is 3.74. The van der Waals surface area contributed by atoms with Crippen molar-refractivity contribution in [3.63, 3.8) is 0 Å². The second-order valence-corrected chi connectivity index (χ2v) is 4.92. The average molecular weight is 255 g/mol. The number of aromatic nitrogens is 5. The second kappa shape index (κ2) is 3.89. The molecule has 1 N–H and O–H groups in total. The average Bonchev–Trinajstić information content (AvgIpc) is 2.99. The lowest BCUT2D eigenvalue weighted by Gasteiger charge is -2.07. The highest BCUT2D eigenvalue weighted by Gasteiger charge is 2.25. The Morgan fingerprint density at radius 2 is 2.00 bits per heavy atom. The van der Waals surface area contributed by atoms with Gasteiger partial charge in [0.15, 0.2) is 5.65 Å². The summed E-state index contributed by atoms with van der Waals surface area (Å²) in [6.07, 6.45) is 9.80. The molecule has 0 bridgehead atoms. The van der Waals surface area contributed by atoms with E-state index in [2.05, 4.69) is 27.4 Å². The van der Waals surface area contributed by atoms with E-state index in [9.17, 15) is 5.11 Å². The van der Waals surface area contributed by atoms with Crippen LogP contribution < -0.4 is 0 Å². The first-order valence-electron chi connectivity index (χ1n) is 6.32. The van der Waals surface area contributed by atoms with Gasteiger partial charge in [-0.15, -0.1) is 10.2 Å². The Kier molecular flexibility index (Phi) is 2.19. The van der Waals surface area contributed by atoms with Gasteiger partial charge in [-0.2, -0.15) is 0 Å². The van der Waals surface area contributed by atoms with Crippen molar-refractivity contribution in [2.24, 2.45) is 0 Å². The van der Waals surface area contributed by atoms with Crippen molar-refractivity contribution in [3.05, 3.63) is 42.4 Å². The molecule has 0 unspecified atom stereocenters. The molecule has 4 rings (SSSR count). The summed E-state index contributed by atoms with van der Waals surface area (Å²) in [6.45, 7) is -0.0535. The van der Waals surface area contributed by atoms with Crippen LogP contribution in [0.3, 0.4) is 0 Å². The fourth-order valence-electron chi connectivity index (χ4n) is 2.38. The predicted molar refractivity (Wildman–Crippen MR) is 68.0 cm³/mol. The Balaban J connectivity index is 1.99. The maximum Gasteiger partial charge on any atom is 0.161 e. The Hall–Kier alpha value is -2.21. The monoisotopic (exact) mass is 255 g/mol. The van der Waals surface area contributed by atoms with Crippen LogP contribution in [0.1, 0.15) is 30.0 Å². The molecule has 1 aliphatic rings. The lowest BCUT2D eigenvalue weighted by atomic mass is 10.2. The minimum absolute atomic E-state index is 0.0535. The smallest absolute Gasteiger partial charge is 0.161 e. The molecule has 3 heterocycles. The molecule has 0 saturated heterocycles. The predicted octanol–water partition coefficient (Wildman–Crippen LogP) is 1.28. The topological polar surface area (TPSA) is 68.2 Å². The Morgan fingerprint density at radius 1 is 1.21 bits per heavy atom. The molecule has 19 heavy (non-hydrogen) atoms. The normalized spacial score (nSPS) is 15.2. The minimum Gasteiger partial charge on any atom is -0.390 e.